The Labute approximate surface area is 90.8 Å². The van der Waals surface area contributed by atoms with E-state index in [9.17, 15) is 4.79 Å². The quantitative estimate of drug-likeness (QED) is 0.528. The smallest absolute Gasteiger partial charge is 0.330 e. The van der Waals surface area contributed by atoms with Crippen molar-refractivity contribution >= 4 is 5.97 Å². The van der Waals surface area contributed by atoms with Gasteiger partial charge in [-0.2, -0.15) is 0 Å². The molecular formula is C12H18O3. The van der Waals surface area contributed by atoms with Crippen LogP contribution < -0.4 is 0 Å². The van der Waals surface area contributed by atoms with Crippen LogP contribution in [0.25, 0.3) is 0 Å². The summed E-state index contributed by atoms with van der Waals surface area (Å²) >= 11 is 0. The van der Waals surface area contributed by atoms with Crippen LogP contribution >= 0.6 is 0 Å². The van der Waals surface area contributed by atoms with Crippen LogP contribution in [-0.2, 0) is 14.3 Å². The van der Waals surface area contributed by atoms with Gasteiger partial charge in [-0.25, -0.2) is 4.79 Å². The highest BCUT2D eigenvalue weighted by Gasteiger charge is 2.15. The molecule has 0 spiro atoms. The molecule has 15 heavy (non-hydrogen) atoms. The van der Waals surface area contributed by atoms with Crippen molar-refractivity contribution in [2.75, 3.05) is 6.61 Å². The molecule has 84 valence electrons. The lowest BCUT2D eigenvalue weighted by atomic mass is 10.0. The molecule has 0 saturated carbocycles. The summed E-state index contributed by atoms with van der Waals surface area (Å²) in [6.45, 7) is 4.24. The van der Waals surface area contributed by atoms with Gasteiger partial charge >= 0.3 is 5.97 Å². The summed E-state index contributed by atoms with van der Waals surface area (Å²) in [5.41, 5.74) is 1.33. The van der Waals surface area contributed by atoms with Gasteiger partial charge < -0.3 is 9.47 Å². The van der Waals surface area contributed by atoms with Gasteiger partial charge in [0.1, 0.15) is 12.7 Å². The molecule has 1 aliphatic heterocycles. The van der Waals surface area contributed by atoms with E-state index >= 15 is 0 Å². The molecule has 3 heteroatoms. The minimum absolute atomic E-state index is 0.0227. The first-order chi connectivity index (χ1) is 7.26. The molecule has 3 nitrogen and oxygen atoms in total. The van der Waals surface area contributed by atoms with Crippen molar-refractivity contribution < 1.29 is 14.3 Å². The van der Waals surface area contributed by atoms with Crippen molar-refractivity contribution in [2.45, 2.75) is 39.2 Å². The van der Waals surface area contributed by atoms with Crippen molar-refractivity contribution in [2.24, 2.45) is 0 Å². The van der Waals surface area contributed by atoms with E-state index in [2.05, 4.69) is 6.92 Å². The molecule has 1 atom stereocenters. The second-order valence-corrected chi connectivity index (χ2v) is 3.56. The van der Waals surface area contributed by atoms with Crippen LogP contribution in [0.1, 0.15) is 33.1 Å². The van der Waals surface area contributed by atoms with Crippen LogP contribution in [0.2, 0.25) is 0 Å². The number of hydrogen-bond donors (Lipinski definition) is 0. The fourth-order valence-electron chi connectivity index (χ4n) is 1.41. The van der Waals surface area contributed by atoms with Crippen molar-refractivity contribution in [3.05, 3.63) is 24.0 Å². The molecule has 1 rings (SSSR count). The van der Waals surface area contributed by atoms with E-state index in [1.807, 2.05) is 0 Å². The minimum Gasteiger partial charge on any atom is -0.495 e. The van der Waals surface area contributed by atoms with Gasteiger partial charge in [-0.15, -0.1) is 0 Å². The third-order valence-electron chi connectivity index (χ3n) is 2.38. The Morgan fingerprint density at radius 2 is 2.53 bits per heavy atom. The Balaban J connectivity index is 2.25. The van der Waals surface area contributed by atoms with Gasteiger partial charge in [0.05, 0.1) is 6.26 Å². The number of carbonyl (C=O) groups excluding carboxylic acids is 1. The monoisotopic (exact) mass is 210 g/mol. The van der Waals surface area contributed by atoms with Crippen LogP contribution in [-0.4, -0.2) is 18.7 Å². The summed E-state index contributed by atoms with van der Waals surface area (Å²) in [6.07, 6.45) is 7.91. The summed E-state index contributed by atoms with van der Waals surface area (Å²) in [7, 11) is 0. The molecule has 0 bridgehead atoms. The molecule has 0 radical (unpaired) electrons. The lowest BCUT2D eigenvalue weighted by Crippen LogP contribution is -2.22. The number of hydrogen-bond acceptors (Lipinski definition) is 3. The number of allylic oxidation sites excluding steroid dienone is 2. The van der Waals surface area contributed by atoms with Crippen molar-refractivity contribution in [3.8, 4) is 0 Å². The molecule has 0 N–H and O–H groups in total. The molecule has 1 unspecified atom stereocenters. The van der Waals surface area contributed by atoms with Crippen molar-refractivity contribution in [3.63, 3.8) is 0 Å². The van der Waals surface area contributed by atoms with Gasteiger partial charge in [0.2, 0.25) is 0 Å². The van der Waals surface area contributed by atoms with Crippen LogP contribution in [0.3, 0.4) is 0 Å². The SMILES string of the molecule is C/C=C/C(=O)OCC1CCC(CC)=CO1. The van der Waals surface area contributed by atoms with Gasteiger partial charge in [-0.3, -0.25) is 0 Å². The Kier molecular flexibility index (Phi) is 4.95. The maximum Gasteiger partial charge on any atom is 0.330 e. The molecule has 0 aromatic carbocycles. The summed E-state index contributed by atoms with van der Waals surface area (Å²) < 4.78 is 10.5. The average Bonchev–Trinajstić information content (AvgIpc) is 2.27. The minimum atomic E-state index is -0.300. The molecule has 0 saturated heterocycles. The van der Waals surface area contributed by atoms with E-state index in [0.29, 0.717) is 6.61 Å². The third-order valence-corrected chi connectivity index (χ3v) is 2.38. The summed E-state index contributed by atoms with van der Waals surface area (Å²) in [5.74, 6) is -0.300. The number of ether oxygens (including phenoxy) is 2. The lowest BCUT2D eigenvalue weighted by molar-refractivity contribution is -0.141. The Morgan fingerprint density at radius 1 is 1.73 bits per heavy atom. The zero-order valence-corrected chi connectivity index (χ0v) is 9.36. The molecule has 0 aromatic heterocycles. The molecule has 0 fully saturated rings. The van der Waals surface area contributed by atoms with Gasteiger partial charge in [0.25, 0.3) is 0 Å². The molecule has 0 aromatic rings. The lowest BCUT2D eigenvalue weighted by Gasteiger charge is -2.22. The molecule has 1 heterocycles. The predicted molar refractivity (Wildman–Crippen MR) is 58.3 cm³/mol. The second-order valence-electron chi connectivity index (χ2n) is 3.56. The van der Waals surface area contributed by atoms with Gasteiger partial charge in [0.15, 0.2) is 0 Å². The van der Waals surface area contributed by atoms with Gasteiger partial charge in [-0.1, -0.05) is 13.0 Å². The standard InChI is InChI=1S/C12H18O3/c1-3-5-12(13)15-9-11-7-6-10(4-2)8-14-11/h3,5,8,11H,4,6-7,9H2,1-2H3/b5-3+. The Hall–Kier alpha value is -1.25. The van der Waals surface area contributed by atoms with E-state index in [1.54, 1.807) is 19.3 Å². The van der Waals surface area contributed by atoms with Crippen molar-refractivity contribution in [1.82, 2.24) is 0 Å². The normalized spacial score (nSPS) is 20.9. The Bertz CT molecular complexity index is 266. The summed E-state index contributed by atoms with van der Waals surface area (Å²) in [4.78, 5) is 11.0. The summed E-state index contributed by atoms with van der Waals surface area (Å²) in [5, 5.41) is 0. The van der Waals surface area contributed by atoms with E-state index in [4.69, 9.17) is 9.47 Å². The van der Waals surface area contributed by atoms with E-state index in [1.165, 1.54) is 11.6 Å². The fraction of sp³-hybridized carbons (Fsp3) is 0.583. The number of esters is 1. The van der Waals surface area contributed by atoms with Crippen LogP contribution in [0, 0.1) is 0 Å². The number of rotatable bonds is 4. The molecular weight excluding hydrogens is 192 g/mol. The zero-order valence-electron chi connectivity index (χ0n) is 9.36. The first kappa shape index (κ1) is 11.8. The van der Waals surface area contributed by atoms with E-state index < -0.39 is 0 Å². The van der Waals surface area contributed by atoms with Crippen LogP contribution in [0.15, 0.2) is 24.0 Å². The second kappa shape index (κ2) is 6.27. The third kappa shape index (κ3) is 4.19. The molecule has 0 aliphatic carbocycles. The Morgan fingerprint density at radius 3 is 3.07 bits per heavy atom. The van der Waals surface area contributed by atoms with Gasteiger partial charge in [0, 0.05) is 6.08 Å². The topological polar surface area (TPSA) is 35.5 Å². The highest BCUT2D eigenvalue weighted by molar-refractivity contribution is 5.81. The van der Waals surface area contributed by atoms with Crippen LogP contribution in [0.4, 0.5) is 0 Å². The average molecular weight is 210 g/mol. The summed E-state index contributed by atoms with van der Waals surface area (Å²) in [6, 6.07) is 0. The van der Waals surface area contributed by atoms with Gasteiger partial charge in [-0.05, 0) is 31.8 Å². The fourth-order valence-corrected chi connectivity index (χ4v) is 1.41. The maximum atomic E-state index is 11.0. The largest absolute Gasteiger partial charge is 0.495 e. The molecule has 0 amide bonds. The van der Waals surface area contributed by atoms with Crippen LogP contribution in [0.5, 0.6) is 0 Å². The van der Waals surface area contributed by atoms with E-state index in [-0.39, 0.29) is 12.1 Å². The number of carbonyl (C=O) groups is 1. The molecule has 1 aliphatic rings. The highest BCUT2D eigenvalue weighted by Crippen LogP contribution is 2.19. The first-order valence-electron chi connectivity index (χ1n) is 5.39. The maximum absolute atomic E-state index is 11.0. The van der Waals surface area contributed by atoms with Crippen molar-refractivity contribution in [1.29, 1.82) is 0 Å². The highest BCUT2D eigenvalue weighted by atomic mass is 16.6. The first-order valence-corrected chi connectivity index (χ1v) is 5.39. The zero-order chi connectivity index (χ0) is 11.1. The van der Waals surface area contributed by atoms with E-state index in [0.717, 1.165) is 19.3 Å². The predicted octanol–water partition coefficient (Wildman–Crippen LogP) is 2.58.